The average molecular weight is 336 g/mol. The van der Waals surface area contributed by atoms with Crippen LogP contribution in [0.5, 0.6) is 11.5 Å². The number of anilines is 3. The molecule has 3 aromatic rings. The average Bonchev–Trinajstić information content (AvgIpc) is 3.01. The fourth-order valence-corrected chi connectivity index (χ4v) is 2.29. The normalized spacial score (nSPS) is 10.1. The first-order chi connectivity index (χ1) is 12.1. The van der Waals surface area contributed by atoms with Crippen LogP contribution in [-0.4, -0.2) is 29.0 Å². The van der Waals surface area contributed by atoms with Crippen LogP contribution in [0.25, 0.3) is 5.69 Å². The third kappa shape index (κ3) is 3.30. The number of rotatable bonds is 5. The number of nitrogen functional groups attached to an aromatic ring is 1. The molecular formula is C17H16N6O2. The van der Waals surface area contributed by atoms with Crippen LogP contribution in [0.4, 0.5) is 17.6 Å². The molecule has 1 heterocycles. The molecule has 3 rings (SSSR count). The Morgan fingerprint density at radius 2 is 1.80 bits per heavy atom. The van der Waals surface area contributed by atoms with Crippen molar-refractivity contribution >= 4 is 17.6 Å². The standard InChI is InChI=1S/C17H16N6O2/c1-24-14-8-5-12(9-15(14)25-2)20-17-21-16(19)23(22-17)13-6-3-11(10-18)4-7-13/h3-9H,1-2H3,(H3,19,20,21,22). The minimum Gasteiger partial charge on any atom is -0.493 e. The molecule has 0 saturated carbocycles. The quantitative estimate of drug-likeness (QED) is 0.736. The first kappa shape index (κ1) is 16.1. The summed E-state index contributed by atoms with van der Waals surface area (Å²) < 4.78 is 12.0. The third-order valence-corrected chi connectivity index (χ3v) is 3.51. The molecule has 25 heavy (non-hydrogen) atoms. The maximum Gasteiger partial charge on any atom is 0.248 e. The number of benzene rings is 2. The summed E-state index contributed by atoms with van der Waals surface area (Å²) in [5, 5.41) is 16.3. The molecule has 0 saturated heterocycles. The van der Waals surface area contributed by atoms with Crippen LogP contribution in [0, 0.1) is 11.3 Å². The fourth-order valence-electron chi connectivity index (χ4n) is 2.29. The Kier molecular flexibility index (Phi) is 4.39. The van der Waals surface area contributed by atoms with Crippen LogP contribution in [0.2, 0.25) is 0 Å². The summed E-state index contributed by atoms with van der Waals surface area (Å²) in [6, 6.07) is 14.3. The Bertz CT molecular complexity index is 927. The van der Waals surface area contributed by atoms with E-state index in [0.717, 1.165) is 5.69 Å². The monoisotopic (exact) mass is 336 g/mol. The number of nitrogens with zero attached hydrogens (tertiary/aromatic N) is 4. The fraction of sp³-hybridized carbons (Fsp3) is 0.118. The van der Waals surface area contributed by atoms with Gasteiger partial charge in [0.15, 0.2) is 11.5 Å². The van der Waals surface area contributed by atoms with Crippen molar-refractivity contribution in [1.82, 2.24) is 14.8 Å². The van der Waals surface area contributed by atoms with Crippen LogP contribution in [-0.2, 0) is 0 Å². The van der Waals surface area contributed by atoms with E-state index in [2.05, 4.69) is 21.5 Å². The van der Waals surface area contributed by atoms with Gasteiger partial charge in [-0.15, -0.1) is 5.10 Å². The molecule has 0 spiro atoms. The highest BCUT2D eigenvalue weighted by Crippen LogP contribution is 2.30. The highest BCUT2D eigenvalue weighted by atomic mass is 16.5. The van der Waals surface area contributed by atoms with Gasteiger partial charge in [0, 0.05) is 11.8 Å². The summed E-state index contributed by atoms with van der Waals surface area (Å²) in [7, 11) is 3.14. The van der Waals surface area contributed by atoms with Crippen molar-refractivity contribution in [2.45, 2.75) is 0 Å². The highest BCUT2D eigenvalue weighted by molar-refractivity contribution is 5.60. The Hall–Kier alpha value is -3.73. The molecule has 0 radical (unpaired) electrons. The lowest BCUT2D eigenvalue weighted by Gasteiger charge is -2.09. The maximum atomic E-state index is 8.86. The van der Waals surface area contributed by atoms with E-state index in [9.17, 15) is 0 Å². The Balaban J connectivity index is 1.86. The lowest BCUT2D eigenvalue weighted by atomic mass is 10.2. The van der Waals surface area contributed by atoms with Crippen molar-refractivity contribution < 1.29 is 9.47 Å². The minimum atomic E-state index is 0.229. The SMILES string of the molecule is COc1ccc(Nc2nc(N)n(-c3ccc(C#N)cc3)n2)cc1OC. The lowest BCUT2D eigenvalue weighted by Crippen LogP contribution is -2.02. The van der Waals surface area contributed by atoms with Gasteiger partial charge in [0.2, 0.25) is 11.9 Å². The van der Waals surface area contributed by atoms with Gasteiger partial charge in [-0.25, -0.2) is 0 Å². The van der Waals surface area contributed by atoms with Crippen molar-refractivity contribution in [3.05, 3.63) is 48.0 Å². The maximum absolute atomic E-state index is 8.86. The summed E-state index contributed by atoms with van der Waals surface area (Å²) in [6.07, 6.45) is 0. The predicted octanol–water partition coefficient (Wildman–Crippen LogP) is 2.48. The van der Waals surface area contributed by atoms with Crippen molar-refractivity contribution in [1.29, 1.82) is 5.26 Å². The largest absolute Gasteiger partial charge is 0.493 e. The topological polar surface area (TPSA) is 111 Å². The van der Waals surface area contributed by atoms with E-state index in [1.165, 1.54) is 4.68 Å². The second-order valence-electron chi connectivity index (χ2n) is 5.06. The number of nitrogens with one attached hydrogen (secondary N) is 1. The zero-order chi connectivity index (χ0) is 17.8. The molecule has 0 fully saturated rings. The van der Waals surface area contributed by atoms with Gasteiger partial charge in [-0.3, -0.25) is 0 Å². The highest BCUT2D eigenvalue weighted by Gasteiger charge is 2.11. The van der Waals surface area contributed by atoms with Crippen molar-refractivity contribution in [2.75, 3.05) is 25.3 Å². The van der Waals surface area contributed by atoms with Crippen LogP contribution in [0.1, 0.15) is 5.56 Å². The molecule has 0 aliphatic heterocycles. The first-order valence-electron chi connectivity index (χ1n) is 7.36. The summed E-state index contributed by atoms with van der Waals surface area (Å²) >= 11 is 0. The van der Waals surface area contributed by atoms with Crippen molar-refractivity contribution in [2.24, 2.45) is 0 Å². The van der Waals surface area contributed by atoms with Crippen LogP contribution in [0.3, 0.4) is 0 Å². The molecule has 0 aliphatic carbocycles. The van der Waals surface area contributed by atoms with E-state index in [1.807, 2.05) is 6.07 Å². The number of nitriles is 1. The first-order valence-corrected chi connectivity index (χ1v) is 7.36. The number of hydrogen-bond donors (Lipinski definition) is 2. The van der Waals surface area contributed by atoms with Gasteiger partial charge in [0.25, 0.3) is 0 Å². The summed E-state index contributed by atoms with van der Waals surface area (Å²) in [4.78, 5) is 4.20. The molecule has 2 aromatic carbocycles. The van der Waals surface area contributed by atoms with Gasteiger partial charge >= 0.3 is 0 Å². The zero-order valence-electron chi connectivity index (χ0n) is 13.7. The number of nitrogens with two attached hydrogens (primary N) is 1. The molecule has 0 amide bonds. The zero-order valence-corrected chi connectivity index (χ0v) is 13.7. The van der Waals surface area contributed by atoms with Gasteiger partial charge in [-0.05, 0) is 36.4 Å². The van der Waals surface area contributed by atoms with Crippen molar-refractivity contribution in [3.8, 4) is 23.3 Å². The second kappa shape index (κ2) is 6.80. The minimum absolute atomic E-state index is 0.229. The van der Waals surface area contributed by atoms with E-state index >= 15 is 0 Å². The second-order valence-corrected chi connectivity index (χ2v) is 5.06. The smallest absolute Gasteiger partial charge is 0.248 e. The summed E-state index contributed by atoms with van der Waals surface area (Å²) in [5.74, 6) is 1.79. The predicted molar refractivity (Wildman–Crippen MR) is 93.3 cm³/mol. The van der Waals surface area contributed by atoms with Gasteiger partial charge < -0.3 is 20.5 Å². The van der Waals surface area contributed by atoms with Crippen LogP contribution in [0.15, 0.2) is 42.5 Å². The van der Waals surface area contributed by atoms with E-state index in [1.54, 1.807) is 50.6 Å². The molecular weight excluding hydrogens is 320 g/mol. The summed E-state index contributed by atoms with van der Waals surface area (Å²) in [5.41, 5.74) is 7.94. The van der Waals surface area contributed by atoms with Gasteiger partial charge in [0.05, 0.1) is 31.5 Å². The molecule has 0 bridgehead atoms. The number of ether oxygens (including phenoxy) is 2. The van der Waals surface area contributed by atoms with Crippen LogP contribution >= 0.6 is 0 Å². The molecule has 0 atom stereocenters. The van der Waals surface area contributed by atoms with E-state index in [0.29, 0.717) is 28.7 Å². The number of hydrogen-bond acceptors (Lipinski definition) is 7. The Morgan fingerprint density at radius 3 is 2.44 bits per heavy atom. The summed E-state index contributed by atoms with van der Waals surface area (Å²) in [6.45, 7) is 0. The molecule has 8 nitrogen and oxygen atoms in total. The third-order valence-electron chi connectivity index (χ3n) is 3.51. The molecule has 0 aliphatic rings. The van der Waals surface area contributed by atoms with E-state index in [4.69, 9.17) is 20.5 Å². The number of methoxy groups -OCH3 is 2. The van der Waals surface area contributed by atoms with E-state index in [-0.39, 0.29) is 5.95 Å². The molecule has 3 N–H and O–H groups in total. The Morgan fingerprint density at radius 1 is 1.08 bits per heavy atom. The number of aromatic nitrogens is 3. The van der Waals surface area contributed by atoms with Gasteiger partial charge in [-0.1, -0.05) is 0 Å². The van der Waals surface area contributed by atoms with Gasteiger partial charge in [-0.2, -0.15) is 14.9 Å². The van der Waals surface area contributed by atoms with Crippen molar-refractivity contribution in [3.63, 3.8) is 0 Å². The molecule has 1 aromatic heterocycles. The van der Waals surface area contributed by atoms with Gasteiger partial charge in [0.1, 0.15) is 0 Å². The molecule has 126 valence electrons. The van der Waals surface area contributed by atoms with Crippen LogP contribution < -0.4 is 20.5 Å². The van der Waals surface area contributed by atoms with E-state index < -0.39 is 0 Å². The lowest BCUT2D eigenvalue weighted by molar-refractivity contribution is 0.355. The Labute approximate surface area is 144 Å². The molecule has 8 heteroatoms. The molecule has 0 unspecified atom stereocenters.